The molecule has 0 fully saturated rings. The van der Waals surface area contributed by atoms with Gasteiger partial charge in [0.15, 0.2) is 11.6 Å². The Morgan fingerprint density at radius 1 is 0.426 bits per heavy atom. The molecule has 0 aliphatic carbocycles. The average molecular weight is 1510 g/mol. The van der Waals surface area contributed by atoms with Crippen LogP contribution in [0, 0.1) is 5.82 Å². The molecule has 12 nitrogen and oxygen atoms in total. The maximum atomic E-state index is 13.0. The maximum Gasteiger partial charge on any atom is 0.174 e. The molecule has 4 atom stereocenters. The highest BCUT2D eigenvalue weighted by atomic mass is 35.5. The Kier molecular flexibility index (Phi) is 39.6. The molecule has 0 saturated heterocycles. The normalized spacial score (nSPS) is 12.1. The molecule has 5 N–H and O–H groups in total. The van der Waals surface area contributed by atoms with Crippen molar-refractivity contribution < 1.29 is 36.5 Å². The van der Waals surface area contributed by atoms with E-state index in [9.17, 15) is 24.2 Å². The van der Waals surface area contributed by atoms with E-state index in [0.717, 1.165) is 94.8 Å². The number of hydrogen-bond donors (Lipinski definition) is 3. The lowest BCUT2D eigenvalue weighted by molar-refractivity contribution is 0.0975. The lowest BCUT2D eigenvalue weighted by atomic mass is 10.1. The Morgan fingerprint density at radius 3 is 1.08 bits per heavy atom. The van der Waals surface area contributed by atoms with E-state index in [1.807, 2.05) is 142 Å². The van der Waals surface area contributed by atoms with Crippen molar-refractivity contribution in [2.45, 2.75) is 63.4 Å². The number of ether oxygens (including phenoxy) is 2. The largest absolute Gasteiger partial charge is 0.484 e. The van der Waals surface area contributed by atoms with Crippen LogP contribution in [0.25, 0.3) is 32.3 Å². The van der Waals surface area contributed by atoms with Crippen LogP contribution in [0.3, 0.4) is 0 Å². The van der Waals surface area contributed by atoms with Crippen LogP contribution in [0.2, 0.25) is 2.82 Å². The van der Waals surface area contributed by atoms with E-state index in [1.54, 1.807) is 64.4 Å². The van der Waals surface area contributed by atoms with Gasteiger partial charge in [-0.05, 0) is 193 Å². The third kappa shape index (κ3) is 32.1. The van der Waals surface area contributed by atoms with Gasteiger partial charge in [0.25, 0.3) is 0 Å². The second-order valence-corrected chi connectivity index (χ2v) is 30.4. The van der Waals surface area contributed by atoms with Gasteiger partial charge in [0, 0.05) is 87.7 Å². The number of aliphatic hydroxyl groups is 2. The highest BCUT2D eigenvalue weighted by molar-refractivity contribution is 7.12. The average Bonchev–Trinajstić information content (AvgIpc) is 1.73. The van der Waals surface area contributed by atoms with Crippen molar-refractivity contribution in [2.24, 2.45) is 0 Å². The number of halogens is 2. The first kappa shape index (κ1) is 83.1. The molecule has 101 heavy (non-hydrogen) atoms. The second-order valence-electron chi connectivity index (χ2n) is 24.6. The zero-order valence-corrected chi connectivity index (χ0v) is 65.6. The summed E-state index contributed by atoms with van der Waals surface area (Å²) in [6, 6.07) is 65.7. The number of carbonyl (C=O) groups excluding carboxylic acids is 2. The topological polar surface area (TPSA) is 144 Å². The molecular formula is C81H102ClFN6O6S6. The summed E-state index contributed by atoms with van der Waals surface area (Å²) in [4.78, 5) is 38.9. The molecular weight excluding hydrogens is 1400 g/mol. The van der Waals surface area contributed by atoms with Crippen LogP contribution in [0.15, 0.2) is 232 Å². The zero-order chi connectivity index (χ0) is 74.0. The quantitative estimate of drug-likeness (QED) is 0.0469. The first-order chi connectivity index (χ1) is 49.2. The molecule has 542 valence electrons. The minimum atomic E-state index is -0.285. The zero-order valence-electron chi connectivity index (χ0n) is 61.9. The van der Waals surface area contributed by atoms with Crippen molar-refractivity contribution in [1.82, 2.24) is 30.6 Å². The van der Waals surface area contributed by atoms with E-state index >= 15 is 0 Å². The van der Waals surface area contributed by atoms with Crippen molar-refractivity contribution in [3.8, 4) is 11.5 Å². The molecule has 12 aromatic rings. The van der Waals surface area contributed by atoms with Gasteiger partial charge in [-0.2, -0.15) is 0 Å². The van der Waals surface area contributed by atoms with Crippen molar-refractivity contribution in [3.05, 3.63) is 268 Å². The van der Waals surface area contributed by atoms with E-state index in [4.69, 9.17) is 12.3 Å². The predicted octanol–water partition coefficient (Wildman–Crippen LogP) is 20.8. The third-order valence-electron chi connectivity index (χ3n) is 15.1. The first-order valence-electron chi connectivity index (χ1n) is 34.0. The minimum Gasteiger partial charge on any atom is -0.484 e. The summed E-state index contributed by atoms with van der Waals surface area (Å²) in [7, 11) is 20.4. The van der Waals surface area contributed by atoms with Crippen LogP contribution in [-0.2, 0) is 0 Å². The van der Waals surface area contributed by atoms with Gasteiger partial charge in [0.2, 0.25) is 0 Å². The fourth-order valence-electron chi connectivity index (χ4n) is 9.68. The molecule has 0 amide bonds. The number of benzene rings is 6. The van der Waals surface area contributed by atoms with Crippen LogP contribution < -0.4 is 15.6 Å². The third-order valence-corrected chi connectivity index (χ3v) is 20.8. The standard InChI is InChI=1S/2C19H21NOS.C10H7F.2C9H15NOS.C9H13NOS.C6H6OS.ClH.H3N/c2*1-20(2)13-12-18(19-11-6-14-22-19)21-17-10-5-8-15-7-3-4-9-16(15)17;11-10-7-3-5-8-4-1-2-6-9(8)10;3*1-10(2)6-5-8(11)9-4-3-7-12-9;1-5(7)6-3-2-4-8-6;;/h2*3-11,14,18H,12-13H2,1-2H3;1-7H;2*3-4,7-8,11H,5-6H2,1-2H3;3-4,7H,5-6H2,1-2H3;2-4H,1H3;1H;1H3/t2*18-;;8-;;;;;/m00.0...../s1/i/hTD. The molecule has 6 aromatic heterocycles. The maximum absolute atomic E-state index is 13.0. The number of carbonyl (C=O) groups is 2. The molecule has 0 saturated carbocycles. The van der Waals surface area contributed by atoms with Crippen LogP contribution in [0.5, 0.6) is 11.5 Å². The molecule has 0 radical (unpaired) electrons. The van der Waals surface area contributed by atoms with Crippen LogP contribution in [-0.4, -0.2) is 149 Å². The van der Waals surface area contributed by atoms with Gasteiger partial charge in [-0.25, -0.2) is 4.39 Å². The van der Waals surface area contributed by atoms with Gasteiger partial charge < -0.3 is 50.3 Å². The lowest BCUT2D eigenvalue weighted by Gasteiger charge is -2.21. The summed E-state index contributed by atoms with van der Waals surface area (Å²) in [5.41, 5.74) is 0. The summed E-state index contributed by atoms with van der Waals surface area (Å²) in [6.45, 7) is 6.28. The fraction of sp³-hybridized carbons (Fsp3) is 0.309. The SMILES string of the molecule is CC(=O)c1cccs1.CN(C)CCC(=O)c1cccs1.CN(C)CCC(O)c1cccs1.CN(C)CC[C@H](O)c1cccs1.CN(C)CC[C@H](Oc1cccc2ccccc12)c1cccs1.CN(C)CC[C@H](Oc1cccc2ccccc12)c1cccs1.Cl.Fc1cccc2ccccc12.[2H]N[3H]. The Labute approximate surface area is 632 Å². The number of nitrogens with zero attached hydrogens (tertiary/aromatic N) is 5. The summed E-state index contributed by atoms with van der Waals surface area (Å²) in [5.74, 6) is 2.19. The number of Topliss-reactive ketones (excluding diaryl/α,β-unsaturated/α-hetero) is 2. The number of rotatable bonds is 25. The molecule has 1 unspecified atom stereocenters. The van der Waals surface area contributed by atoms with Crippen LogP contribution in [0.4, 0.5) is 4.39 Å². The minimum absolute atomic E-state index is 0. The van der Waals surface area contributed by atoms with Gasteiger partial charge in [0.1, 0.15) is 32.3 Å². The Morgan fingerprint density at radius 2 is 0.743 bits per heavy atom. The molecule has 0 aliphatic rings. The van der Waals surface area contributed by atoms with E-state index in [1.165, 1.54) is 66.2 Å². The number of ketones is 2. The highest BCUT2D eigenvalue weighted by Crippen LogP contribution is 2.35. The molecule has 0 bridgehead atoms. The van der Waals surface area contributed by atoms with Crippen molar-refractivity contribution in [1.29, 1.82) is 0 Å². The van der Waals surface area contributed by atoms with Gasteiger partial charge in [0.05, 0.1) is 22.0 Å². The molecule has 6 aromatic carbocycles. The predicted molar refractivity (Wildman–Crippen MR) is 437 cm³/mol. The molecule has 12 rings (SSSR count). The molecule has 20 heteroatoms. The van der Waals surface area contributed by atoms with Crippen LogP contribution >= 0.6 is 80.4 Å². The second kappa shape index (κ2) is 48.2. The molecule has 0 spiro atoms. The highest BCUT2D eigenvalue weighted by Gasteiger charge is 2.19. The monoisotopic (exact) mass is 1500 g/mol. The van der Waals surface area contributed by atoms with E-state index in [2.05, 4.69) is 168 Å². The van der Waals surface area contributed by atoms with Gasteiger partial charge in [-0.1, -0.05) is 146 Å². The molecule has 6 heterocycles. The number of thiophene rings is 6. The summed E-state index contributed by atoms with van der Waals surface area (Å²) in [5, 5.41) is 37.8. The Hall–Kier alpha value is -6.86. The lowest BCUT2D eigenvalue weighted by Crippen LogP contribution is -2.18. The van der Waals surface area contributed by atoms with E-state index < -0.39 is 0 Å². The van der Waals surface area contributed by atoms with Crippen molar-refractivity contribution in [3.63, 3.8) is 0 Å². The summed E-state index contributed by atoms with van der Waals surface area (Å²) >= 11 is 9.75. The Balaban J connectivity index is 0.000000259. The smallest absolute Gasteiger partial charge is 0.174 e. The molecule has 0 aliphatic heterocycles. The Bertz CT molecular complexity index is 3920. The van der Waals surface area contributed by atoms with Gasteiger partial charge in [-0.3, -0.25) is 9.59 Å². The van der Waals surface area contributed by atoms with E-state index in [0.29, 0.717) is 11.8 Å². The van der Waals surface area contributed by atoms with Crippen molar-refractivity contribution >= 4 is 124 Å². The first-order valence-corrected chi connectivity index (χ1v) is 38.3. The number of hydrogen-bond acceptors (Lipinski definition) is 18. The van der Waals surface area contributed by atoms with Gasteiger partial charge >= 0.3 is 0 Å². The fourth-order valence-corrected chi connectivity index (χ4v) is 14.1. The van der Waals surface area contributed by atoms with Crippen LogP contribution in [0.1, 0.15) is 102 Å². The van der Waals surface area contributed by atoms with Crippen molar-refractivity contribution in [2.75, 3.05) is 103 Å². The number of fused-ring (bicyclic) bond motifs is 3. The van der Waals surface area contributed by atoms with E-state index in [-0.39, 0.29) is 54.2 Å². The van der Waals surface area contributed by atoms with Gasteiger partial charge in [-0.15, -0.1) is 80.4 Å². The summed E-state index contributed by atoms with van der Waals surface area (Å²) < 4.78 is 37.0. The number of aliphatic hydroxyl groups excluding tert-OH is 2. The summed E-state index contributed by atoms with van der Waals surface area (Å²) in [6.07, 6.45) is 5.10.